The van der Waals surface area contributed by atoms with Crippen molar-refractivity contribution in [2.45, 2.75) is 13.8 Å². The Balaban J connectivity index is 2.36. The lowest BCUT2D eigenvalue weighted by atomic mass is 10.1. The van der Waals surface area contributed by atoms with Gasteiger partial charge in [-0.3, -0.25) is 4.68 Å². The fourth-order valence-corrected chi connectivity index (χ4v) is 2.13. The van der Waals surface area contributed by atoms with Crippen molar-refractivity contribution in [2.24, 2.45) is 7.05 Å². The molecule has 1 heterocycles. The number of nitrogens with zero attached hydrogens (tertiary/aromatic N) is 3. The maximum Gasteiger partial charge on any atom is 0.152 e. The van der Waals surface area contributed by atoms with Crippen molar-refractivity contribution >= 4 is 22.9 Å². The molecule has 0 saturated carbocycles. The van der Waals surface area contributed by atoms with Crippen LogP contribution in [0.4, 0.5) is 22.9 Å². The summed E-state index contributed by atoms with van der Waals surface area (Å²) in [6, 6.07) is 6.25. The first-order chi connectivity index (χ1) is 8.90. The van der Waals surface area contributed by atoms with Crippen LogP contribution in [0.5, 0.6) is 0 Å². The predicted molar refractivity (Wildman–Crippen MR) is 81.1 cm³/mol. The van der Waals surface area contributed by atoms with Gasteiger partial charge in [0.25, 0.3) is 0 Å². The smallest absolute Gasteiger partial charge is 0.152 e. The molecule has 0 radical (unpaired) electrons. The third-order valence-electron chi connectivity index (χ3n) is 3.22. The van der Waals surface area contributed by atoms with Crippen molar-refractivity contribution in [1.82, 2.24) is 9.78 Å². The van der Waals surface area contributed by atoms with E-state index in [1.54, 1.807) is 4.68 Å². The first-order valence-corrected chi connectivity index (χ1v) is 6.24. The van der Waals surface area contributed by atoms with Crippen molar-refractivity contribution in [2.75, 3.05) is 30.0 Å². The van der Waals surface area contributed by atoms with E-state index in [1.165, 1.54) is 11.3 Å². The summed E-state index contributed by atoms with van der Waals surface area (Å²) in [7, 11) is 5.95. The molecule has 0 aliphatic heterocycles. The molecule has 0 atom stereocenters. The van der Waals surface area contributed by atoms with Crippen molar-refractivity contribution in [3.8, 4) is 0 Å². The predicted octanol–water partition coefficient (Wildman–Crippen LogP) is 2.43. The minimum atomic E-state index is 0.689. The van der Waals surface area contributed by atoms with E-state index < -0.39 is 0 Å². The molecular weight excluding hydrogens is 238 g/mol. The number of benzene rings is 1. The molecule has 0 saturated heterocycles. The Morgan fingerprint density at radius 3 is 2.47 bits per heavy atom. The third kappa shape index (κ3) is 2.50. The van der Waals surface area contributed by atoms with Crippen LogP contribution in [0.2, 0.25) is 0 Å². The summed E-state index contributed by atoms with van der Waals surface area (Å²) in [5, 5.41) is 7.63. The molecule has 2 rings (SSSR count). The number of nitrogens with two attached hydrogens (primary N) is 1. The van der Waals surface area contributed by atoms with Crippen LogP contribution in [0, 0.1) is 13.8 Å². The van der Waals surface area contributed by atoms with E-state index in [4.69, 9.17) is 5.73 Å². The van der Waals surface area contributed by atoms with Crippen LogP contribution in [-0.2, 0) is 7.05 Å². The summed E-state index contributed by atoms with van der Waals surface area (Å²) in [6.45, 7) is 4.00. The fraction of sp³-hybridized carbons (Fsp3) is 0.357. The SMILES string of the molecule is Cc1ccc(Nc2c(N)c(C)nn2C)cc1N(C)C. The van der Waals surface area contributed by atoms with E-state index in [0.29, 0.717) is 5.69 Å². The van der Waals surface area contributed by atoms with Gasteiger partial charge in [0.05, 0.1) is 11.4 Å². The largest absolute Gasteiger partial charge is 0.394 e. The average molecular weight is 259 g/mol. The molecular formula is C14H21N5. The Kier molecular flexibility index (Phi) is 3.38. The first-order valence-electron chi connectivity index (χ1n) is 6.24. The second-order valence-corrected chi connectivity index (χ2v) is 4.99. The second-order valence-electron chi connectivity index (χ2n) is 4.99. The second kappa shape index (κ2) is 4.84. The number of nitrogen functional groups attached to an aromatic ring is 1. The zero-order valence-corrected chi connectivity index (χ0v) is 12.2. The van der Waals surface area contributed by atoms with Gasteiger partial charge in [0.1, 0.15) is 0 Å². The number of aromatic nitrogens is 2. The standard InChI is InChI=1S/C14H21N5/c1-9-6-7-11(8-12(9)18(3)4)16-14-13(15)10(2)17-19(14)5/h6-8,16H,15H2,1-5H3. The van der Waals surface area contributed by atoms with Crippen molar-refractivity contribution in [3.05, 3.63) is 29.5 Å². The van der Waals surface area contributed by atoms with E-state index in [0.717, 1.165) is 17.2 Å². The molecule has 1 aromatic carbocycles. The van der Waals surface area contributed by atoms with Crippen molar-refractivity contribution in [3.63, 3.8) is 0 Å². The summed E-state index contributed by atoms with van der Waals surface area (Å²) >= 11 is 0. The van der Waals surface area contributed by atoms with Gasteiger partial charge in [-0.2, -0.15) is 5.10 Å². The highest BCUT2D eigenvalue weighted by atomic mass is 15.3. The van der Waals surface area contributed by atoms with Crippen LogP contribution in [0.25, 0.3) is 0 Å². The summed E-state index contributed by atoms with van der Waals surface area (Å²) < 4.78 is 1.76. The van der Waals surface area contributed by atoms with Gasteiger partial charge in [-0.15, -0.1) is 0 Å². The fourth-order valence-electron chi connectivity index (χ4n) is 2.13. The average Bonchev–Trinajstić information content (AvgIpc) is 2.58. The van der Waals surface area contributed by atoms with Gasteiger partial charge in [-0.25, -0.2) is 0 Å². The normalized spacial score (nSPS) is 10.6. The topological polar surface area (TPSA) is 59.1 Å². The molecule has 0 spiro atoms. The van der Waals surface area contributed by atoms with E-state index >= 15 is 0 Å². The Hall–Kier alpha value is -2.17. The highest BCUT2D eigenvalue weighted by Gasteiger charge is 2.11. The molecule has 5 nitrogen and oxygen atoms in total. The van der Waals surface area contributed by atoms with Gasteiger partial charge in [0, 0.05) is 32.5 Å². The number of hydrogen-bond donors (Lipinski definition) is 2. The van der Waals surface area contributed by atoms with Gasteiger partial charge < -0.3 is 16.0 Å². The van der Waals surface area contributed by atoms with Crippen LogP contribution >= 0.6 is 0 Å². The van der Waals surface area contributed by atoms with Gasteiger partial charge in [-0.05, 0) is 31.5 Å². The van der Waals surface area contributed by atoms with Gasteiger partial charge in [0.15, 0.2) is 5.82 Å². The lowest BCUT2D eigenvalue weighted by Gasteiger charge is -2.17. The van der Waals surface area contributed by atoms with Crippen LogP contribution in [-0.4, -0.2) is 23.9 Å². The van der Waals surface area contributed by atoms with Gasteiger partial charge in [0.2, 0.25) is 0 Å². The summed E-state index contributed by atoms with van der Waals surface area (Å²) in [5.41, 5.74) is 11.0. The number of aryl methyl sites for hydroxylation is 3. The van der Waals surface area contributed by atoms with Crippen LogP contribution < -0.4 is 16.0 Å². The highest BCUT2D eigenvalue weighted by Crippen LogP contribution is 2.28. The number of hydrogen-bond acceptors (Lipinski definition) is 4. The zero-order valence-electron chi connectivity index (χ0n) is 12.2. The Morgan fingerprint density at radius 2 is 1.95 bits per heavy atom. The molecule has 3 N–H and O–H groups in total. The zero-order chi connectivity index (χ0) is 14.2. The van der Waals surface area contributed by atoms with Crippen LogP contribution in [0.3, 0.4) is 0 Å². The molecule has 2 aromatic rings. The van der Waals surface area contributed by atoms with Crippen molar-refractivity contribution < 1.29 is 0 Å². The van der Waals surface area contributed by atoms with Crippen LogP contribution in [0.15, 0.2) is 18.2 Å². The molecule has 0 aliphatic carbocycles. The van der Waals surface area contributed by atoms with E-state index in [1.807, 2.05) is 34.1 Å². The highest BCUT2D eigenvalue weighted by molar-refractivity contribution is 5.73. The van der Waals surface area contributed by atoms with E-state index in [2.05, 4.69) is 34.4 Å². The third-order valence-corrected chi connectivity index (χ3v) is 3.22. The summed E-state index contributed by atoms with van der Waals surface area (Å²) in [5.74, 6) is 0.825. The molecule has 0 unspecified atom stereocenters. The number of nitrogens with one attached hydrogen (secondary N) is 1. The van der Waals surface area contributed by atoms with E-state index in [9.17, 15) is 0 Å². The molecule has 1 aromatic heterocycles. The molecule has 19 heavy (non-hydrogen) atoms. The molecule has 0 fully saturated rings. The molecule has 0 aliphatic rings. The van der Waals surface area contributed by atoms with Gasteiger partial charge in [-0.1, -0.05) is 6.07 Å². The molecule has 102 valence electrons. The number of anilines is 4. The minimum Gasteiger partial charge on any atom is -0.394 e. The Bertz CT molecular complexity index is 598. The quantitative estimate of drug-likeness (QED) is 0.888. The molecule has 0 bridgehead atoms. The Labute approximate surface area is 114 Å². The lowest BCUT2D eigenvalue weighted by molar-refractivity contribution is 0.765. The lowest BCUT2D eigenvalue weighted by Crippen LogP contribution is -2.10. The first kappa shape index (κ1) is 13.3. The monoisotopic (exact) mass is 259 g/mol. The Morgan fingerprint density at radius 1 is 1.26 bits per heavy atom. The summed E-state index contributed by atoms with van der Waals surface area (Å²) in [4.78, 5) is 2.10. The maximum absolute atomic E-state index is 6.02. The van der Waals surface area contributed by atoms with E-state index in [-0.39, 0.29) is 0 Å². The minimum absolute atomic E-state index is 0.689. The van der Waals surface area contributed by atoms with Crippen molar-refractivity contribution in [1.29, 1.82) is 0 Å². The van der Waals surface area contributed by atoms with Crippen LogP contribution in [0.1, 0.15) is 11.3 Å². The maximum atomic E-state index is 6.02. The molecule has 5 heteroatoms. The van der Waals surface area contributed by atoms with Gasteiger partial charge >= 0.3 is 0 Å². The number of rotatable bonds is 3. The molecule has 0 amide bonds. The summed E-state index contributed by atoms with van der Waals surface area (Å²) in [6.07, 6.45) is 0.